The molecule has 2 aromatic carbocycles. The molecule has 0 spiro atoms. The Labute approximate surface area is 146 Å². The molecule has 25 heavy (non-hydrogen) atoms. The van der Waals surface area contributed by atoms with Gasteiger partial charge in [-0.25, -0.2) is 0 Å². The molecule has 0 bridgehead atoms. The Morgan fingerprint density at radius 2 is 1.72 bits per heavy atom. The summed E-state index contributed by atoms with van der Waals surface area (Å²) < 4.78 is 5.12. The average Bonchev–Trinajstić information content (AvgIpc) is 2.68. The van der Waals surface area contributed by atoms with Crippen LogP contribution < -0.4 is 10.1 Å². The lowest BCUT2D eigenvalue weighted by Crippen LogP contribution is -2.13. The van der Waals surface area contributed by atoms with Gasteiger partial charge in [-0.1, -0.05) is 30.8 Å². The number of rotatable bonds is 5. The Hall–Kier alpha value is -3.40. The van der Waals surface area contributed by atoms with E-state index in [1.807, 2.05) is 42.5 Å². The van der Waals surface area contributed by atoms with Crippen LogP contribution in [0.15, 0.2) is 79.5 Å². The molecule has 1 heterocycles. The molecule has 0 fully saturated rings. The van der Waals surface area contributed by atoms with Gasteiger partial charge in [0.05, 0.1) is 12.8 Å². The molecule has 4 nitrogen and oxygen atoms in total. The van der Waals surface area contributed by atoms with Crippen molar-refractivity contribution >= 4 is 17.2 Å². The van der Waals surface area contributed by atoms with Gasteiger partial charge in [0, 0.05) is 28.6 Å². The molecule has 1 N–H and O–H groups in total. The van der Waals surface area contributed by atoms with Crippen LogP contribution in [0.5, 0.6) is 5.75 Å². The predicted octanol–water partition coefficient (Wildman–Crippen LogP) is 4.40. The minimum atomic E-state index is -0.191. The molecule has 0 aliphatic rings. The van der Waals surface area contributed by atoms with Crippen LogP contribution in [0.3, 0.4) is 0 Å². The first-order chi connectivity index (χ1) is 12.2. The van der Waals surface area contributed by atoms with Crippen molar-refractivity contribution in [2.24, 2.45) is 0 Å². The van der Waals surface area contributed by atoms with E-state index in [9.17, 15) is 4.79 Å². The summed E-state index contributed by atoms with van der Waals surface area (Å²) in [6, 6.07) is 20.2. The maximum atomic E-state index is 12.5. The van der Waals surface area contributed by atoms with Crippen LogP contribution in [0.1, 0.15) is 21.6 Å². The van der Waals surface area contributed by atoms with Gasteiger partial charge in [0.15, 0.2) is 0 Å². The number of para-hydroxylation sites is 1. The molecule has 3 rings (SSSR count). The van der Waals surface area contributed by atoms with E-state index in [0.717, 1.165) is 16.8 Å². The minimum absolute atomic E-state index is 0.191. The first-order valence-electron chi connectivity index (χ1n) is 7.84. The molecule has 3 aromatic rings. The zero-order valence-corrected chi connectivity index (χ0v) is 13.9. The number of nitrogens with one attached hydrogen (secondary N) is 1. The number of carbonyl (C=O) groups excluding carboxylic acids is 1. The summed E-state index contributed by atoms with van der Waals surface area (Å²) in [7, 11) is 1.59. The average molecular weight is 330 g/mol. The van der Waals surface area contributed by atoms with Gasteiger partial charge in [0.1, 0.15) is 5.75 Å². The molecular formula is C21H18N2O2. The molecule has 0 saturated heterocycles. The third kappa shape index (κ3) is 3.75. The van der Waals surface area contributed by atoms with E-state index in [0.29, 0.717) is 17.0 Å². The summed E-state index contributed by atoms with van der Waals surface area (Å²) in [5.74, 6) is 0.518. The topological polar surface area (TPSA) is 51.2 Å². The highest BCUT2D eigenvalue weighted by Crippen LogP contribution is 2.27. The number of hydrogen-bond acceptors (Lipinski definition) is 3. The summed E-state index contributed by atoms with van der Waals surface area (Å²) in [6.45, 7) is 4.13. The van der Waals surface area contributed by atoms with Crippen molar-refractivity contribution in [3.8, 4) is 5.75 Å². The van der Waals surface area contributed by atoms with Gasteiger partial charge < -0.3 is 10.1 Å². The Balaban J connectivity index is 1.85. The van der Waals surface area contributed by atoms with Gasteiger partial charge in [-0.05, 0) is 42.5 Å². The van der Waals surface area contributed by atoms with Gasteiger partial charge in [0.25, 0.3) is 5.91 Å². The number of methoxy groups -OCH3 is 1. The number of anilines is 1. The van der Waals surface area contributed by atoms with Crippen molar-refractivity contribution < 1.29 is 9.53 Å². The molecule has 0 atom stereocenters. The van der Waals surface area contributed by atoms with E-state index >= 15 is 0 Å². The molecule has 0 saturated carbocycles. The molecule has 0 radical (unpaired) electrons. The maximum Gasteiger partial charge on any atom is 0.255 e. The smallest absolute Gasteiger partial charge is 0.255 e. The van der Waals surface area contributed by atoms with Crippen molar-refractivity contribution in [2.75, 3.05) is 12.4 Å². The molecular weight excluding hydrogens is 312 g/mol. The van der Waals surface area contributed by atoms with Crippen LogP contribution >= 0.6 is 0 Å². The first-order valence-corrected chi connectivity index (χ1v) is 7.84. The van der Waals surface area contributed by atoms with Gasteiger partial charge in [-0.15, -0.1) is 0 Å². The number of hydrogen-bond donors (Lipinski definition) is 1. The van der Waals surface area contributed by atoms with Gasteiger partial charge in [-0.3, -0.25) is 9.78 Å². The van der Waals surface area contributed by atoms with E-state index in [-0.39, 0.29) is 5.91 Å². The molecule has 0 aliphatic carbocycles. The highest BCUT2D eigenvalue weighted by molar-refractivity contribution is 6.06. The van der Waals surface area contributed by atoms with Crippen LogP contribution in [0.4, 0.5) is 5.69 Å². The predicted molar refractivity (Wildman–Crippen MR) is 99.8 cm³/mol. The first kappa shape index (κ1) is 16.5. The number of benzene rings is 2. The summed E-state index contributed by atoms with van der Waals surface area (Å²) in [5.41, 5.74) is 3.61. The Kier molecular flexibility index (Phi) is 4.90. The van der Waals surface area contributed by atoms with Gasteiger partial charge in [-0.2, -0.15) is 0 Å². The number of amides is 1. The van der Waals surface area contributed by atoms with Crippen molar-refractivity contribution in [1.29, 1.82) is 0 Å². The van der Waals surface area contributed by atoms with Crippen LogP contribution in [0, 0.1) is 0 Å². The van der Waals surface area contributed by atoms with Gasteiger partial charge >= 0.3 is 0 Å². The normalized spacial score (nSPS) is 10.1. The SMILES string of the molecule is C=C(c1ccccn1)c1ccccc1NC(=O)c1ccc(OC)cc1. The monoisotopic (exact) mass is 330 g/mol. The lowest BCUT2D eigenvalue weighted by molar-refractivity contribution is 0.102. The number of nitrogens with zero attached hydrogens (tertiary/aromatic N) is 1. The molecule has 1 amide bonds. The fourth-order valence-corrected chi connectivity index (χ4v) is 2.47. The maximum absolute atomic E-state index is 12.5. The quantitative estimate of drug-likeness (QED) is 0.754. The molecule has 1 aromatic heterocycles. The minimum Gasteiger partial charge on any atom is -0.497 e. The summed E-state index contributed by atoms with van der Waals surface area (Å²) >= 11 is 0. The van der Waals surface area contributed by atoms with Crippen LogP contribution in [0.2, 0.25) is 0 Å². The molecule has 0 aliphatic heterocycles. The second-order valence-electron chi connectivity index (χ2n) is 5.42. The standard InChI is InChI=1S/C21H18N2O2/c1-15(19-8-5-6-14-22-19)18-7-3-4-9-20(18)23-21(24)16-10-12-17(25-2)13-11-16/h3-14H,1H2,2H3,(H,23,24). The fourth-order valence-electron chi connectivity index (χ4n) is 2.47. The van der Waals surface area contributed by atoms with Crippen molar-refractivity contribution in [3.05, 3.63) is 96.3 Å². The molecule has 0 unspecified atom stereocenters. The van der Waals surface area contributed by atoms with E-state index in [4.69, 9.17) is 4.74 Å². The van der Waals surface area contributed by atoms with Crippen molar-refractivity contribution in [1.82, 2.24) is 4.98 Å². The highest BCUT2D eigenvalue weighted by Gasteiger charge is 2.12. The number of ether oxygens (including phenoxy) is 1. The number of aromatic nitrogens is 1. The zero-order chi connectivity index (χ0) is 17.6. The third-order valence-electron chi connectivity index (χ3n) is 3.83. The fraction of sp³-hybridized carbons (Fsp3) is 0.0476. The van der Waals surface area contributed by atoms with E-state index in [1.54, 1.807) is 37.6 Å². The number of pyridine rings is 1. The second-order valence-corrected chi connectivity index (χ2v) is 5.42. The Bertz CT molecular complexity index is 887. The van der Waals surface area contributed by atoms with E-state index in [2.05, 4.69) is 16.9 Å². The third-order valence-corrected chi connectivity index (χ3v) is 3.83. The number of carbonyl (C=O) groups is 1. The van der Waals surface area contributed by atoms with Crippen LogP contribution in [-0.4, -0.2) is 18.0 Å². The van der Waals surface area contributed by atoms with Crippen LogP contribution in [-0.2, 0) is 0 Å². The van der Waals surface area contributed by atoms with Crippen molar-refractivity contribution in [2.45, 2.75) is 0 Å². The second kappa shape index (κ2) is 7.45. The summed E-state index contributed by atoms with van der Waals surface area (Å²) in [4.78, 5) is 16.9. The summed E-state index contributed by atoms with van der Waals surface area (Å²) in [6.07, 6.45) is 1.72. The lowest BCUT2D eigenvalue weighted by Gasteiger charge is -2.13. The molecule has 124 valence electrons. The zero-order valence-electron chi connectivity index (χ0n) is 13.9. The Morgan fingerprint density at radius 1 is 1.00 bits per heavy atom. The molecule has 4 heteroatoms. The summed E-state index contributed by atoms with van der Waals surface area (Å²) in [5, 5.41) is 2.95. The Morgan fingerprint density at radius 3 is 2.40 bits per heavy atom. The lowest BCUT2D eigenvalue weighted by atomic mass is 10.0. The van der Waals surface area contributed by atoms with Gasteiger partial charge in [0.2, 0.25) is 0 Å². The van der Waals surface area contributed by atoms with Crippen molar-refractivity contribution in [3.63, 3.8) is 0 Å². The largest absolute Gasteiger partial charge is 0.497 e. The highest BCUT2D eigenvalue weighted by atomic mass is 16.5. The van der Waals surface area contributed by atoms with E-state index in [1.165, 1.54) is 0 Å². The van der Waals surface area contributed by atoms with E-state index < -0.39 is 0 Å². The van der Waals surface area contributed by atoms with Crippen LogP contribution in [0.25, 0.3) is 5.57 Å².